The van der Waals surface area contributed by atoms with Crippen molar-refractivity contribution in [3.8, 4) is 0 Å². The molecule has 31 heavy (non-hydrogen) atoms. The lowest BCUT2D eigenvalue weighted by Crippen LogP contribution is -2.31. The summed E-state index contributed by atoms with van der Waals surface area (Å²) in [6.07, 6.45) is 0.664. The Bertz CT molecular complexity index is 1370. The molecule has 0 aliphatic carbocycles. The molecule has 1 aliphatic rings. The van der Waals surface area contributed by atoms with Gasteiger partial charge in [-0.2, -0.15) is 0 Å². The van der Waals surface area contributed by atoms with Crippen molar-refractivity contribution in [3.05, 3.63) is 115 Å². The van der Waals surface area contributed by atoms with Gasteiger partial charge in [0, 0.05) is 16.0 Å². The van der Waals surface area contributed by atoms with Gasteiger partial charge in [-0.25, -0.2) is 0 Å². The summed E-state index contributed by atoms with van der Waals surface area (Å²) in [5.41, 5.74) is 2.47. The lowest BCUT2D eigenvalue weighted by molar-refractivity contribution is 0.0730. The molecule has 5 rings (SSSR count). The number of rotatable bonds is 4. The number of benzene rings is 3. The van der Waals surface area contributed by atoms with Crippen molar-refractivity contribution in [1.82, 2.24) is 4.90 Å². The summed E-state index contributed by atoms with van der Waals surface area (Å²) in [4.78, 5) is 28.6. The van der Waals surface area contributed by atoms with Crippen LogP contribution in [-0.2, 0) is 6.42 Å². The number of carbonyl (C=O) groups is 1. The number of hydrogen-bond acceptors (Lipinski definition) is 3. The first-order chi connectivity index (χ1) is 15.0. The van der Waals surface area contributed by atoms with E-state index in [1.807, 2.05) is 42.5 Å². The van der Waals surface area contributed by atoms with Gasteiger partial charge in [0.25, 0.3) is 5.91 Å². The Balaban J connectivity index is 1.67. The first-order valence-corrected chi connectivity index (χ1v) is 11.1. The third-order valence-electron chi connectivity index (χ3n) is 5.58. The maximum Gasteiger partial charge on any atom is 0.290 e. The Morgan fingerprint density at radius 3 is 2.55 bits per heavy atom. The number of nitrogens with zero attached hydrogens (tertiary/aromatic N) is 1. The zero-order chi connectivity index (χ0) is 21.5. The summed E-state index contributed by atoms with van der Waals surface area (Å²) in [6, 6.07) is 21.9. The predicted molar refractivity (Wildman–Crippen MR) is 125 cm³/mol. The minimum absolute atomic E-state index is 0.109. The van der Waals surface area contributed by atoms with Gasteiger partial charge in [-0.1, -0.05) is 70.0 Å². The highest BCUT2D eigenvalue weighted by Gasteiger charge is 2.42. The number of hydrogen-bond donors (Lipinski definition) is 0. The van der Waals surface area contributed by atoms with Crippen LogP contribution in [0.3, 0.4) is 0 Å². The van der Waals surface area contributed by atoms with Gasteiger partial charge in [0.15, 0.2) is 5.43 Å². The van der Waals surface area contributed by atoms with Crippen molar-refractivity contribution < 1.29 is 9.21 Å². The maximum atomic E-state index is 13.5. The monoisotopic (exact) mass is 493 g/mol. The first kappa shape index (κ1) is 20.0. The second-order valence-electron chi connectivity index (χ2n) is 7.51. The molecule has 0 bridgehead atoms. The van der Waals surface area contributed by atoms with E-state index in [0.29, 0.717) is 34.5 Å². The van der Waals surface area contributed by atoms with Crippen LogP contribution in [0.5, 0.6) is 0 Å². The van der Waals surface area contributed by atoms with Crippen molar-refractivity contribution in [3.63, 3.8) is 0 Å². The van der Waals surface area contributed by atoms with Crippen molar-refractivity contribution in [1.29, 1.82) is 0 Å². The van der Waals surface area contributed by atoms with Crippen LogP contribution in [-0.4, -0.2) is 17.4 Å². The molecule has 0 saturated heterocycles. The van der Waals surface area contributed by atoms with E-state index < -0.39 is 6.04 Å². The Morgan fingerprint density at radius 1 is 0.968 bits per heavy atom. The molecule has 0 N–H and O–H groups in total. The van der Waals surface area contributed by atoms with Gasteiger partial charge in [0.05, 0.1) is 17.0 Å². The molecule has 3 aromatic carbocycles. The van der Waals surface area contributed by atoms with Crippen LogP contribution in [0.15, 0.2) is 86.5 Å². The molecule has 1 amide bonds. The van der Waals surface area contributed by atoms with Gasteiger partial charge >= 0.3 is 0 Å². The molecule has 0 spiro atoms. The van der Waals surface area contributed by atoms with Crippen LogP contribution in [0.25, 0.3) is 11.0 Å². The molecule has 6 heteroatoms. The number of carbonyl (C=O) groups excluding carboxylic acids is 1. The Labute approximate surface area is 192 Å². The van der Waals surface area contributed by atoms with E-state index in [1.165, 1.54) is 0 Å². The van der Waals surface area contributed by atoms with E-state index in [2.05, 4.69) is 15.9 Å². The highest BCUT2D eigenvalue weighted by atomic mass is 79.9. The van der Waals surface area contributed by atoms with Gasteiger partial charge in [-0.05, 0) is 47.9 Å². The average Bonchev–Trinajstić information content (AvgIpc) is 3.05. The van der Waals surface area contributed by atoms with E-state index in [9.17, 15) is 9.59 Å². The molecular weight excluding hydrogens is 478 g/mol. The van der Waals surface area contributed by atoms with E-state index in [1.54, 1.807) is 35.2 Å². The lowest BCUT2D eigenvalue weighted by atomic mass is 9.98. The van der Waals surface area contributed by atoms with Crippen molar-refractivity contribution in [2.45, 2.75) is 12.5 Å². The van der Waals surface area contributed by atoms with Gasteiger partial charge < -0.3 is 9.32 Å². The molecule has 154 valence electrons. The summed E-state index contributed by atoms with van der Waals surface area (Å²) >= 11 is 9.67. The van der Waals surface area contributed by atoms with Crippen LogP contribution in [0.1, 0.15) is 33.3 Å². The third-order valence-corrected chi connectivity index (χ3v) is 6.30. The van der Waals surface area contributed by atoms with Crippen LogP contribution in [0.4, 0.5) is 0 Å². The van der Waals surface area contributed by atoms with Crippen LogP contribution in [0, 0.1) is 0 Å². The molecule has 1 aliphatic heterocycles. The summed E-state index contributed by atoms with van der Waals surface area (Å²) < 4.78 is 6.75. The quantitative estimate of drug-likeness (QED) is 0.350. The molecule has 2 heterocycles. The SMILES string of the molecule is O=C1c2oc3ccc(Br)cc3c(=O)c2C(c2cccc(Cl)c2)N1CCc1ccccc1. The standard InChI is InChI=1S/C25H17BrClNO3/c26-17-9-10-20-19(14-17)23(29)21-22(16-7-4-8-18(27)13-16)28(25(30)24(21)31-20)12-11-15-5-2-1-3-6-15/h1-10,13-14,22H,11-12H2. The molecular formula is C25H17BrClNO3. The van der Waals surface area contributed by atoms with E-state index in [0.717, 1.165) is 15.6 Å². The van der Waals surface area contributed by atoms with Crippen LogP contribution < -0.4 is 5.43 Å². The summed E-state index contributed by atoms with van der Waals surface area (Å²) in [5, 5.41) is 0.993. The maximum absolute atomic E-state index is 13.5. The van der Waals surface area contributed by atoms with Crippen molar-refractivity contribution in [2.24, 2.45) is 0 Å². The molecule has 0 saturated carbocycles. The Hall–Kier alpha value is -2.89. The highest BCUT2D eigenvalue weighted by Crippen LogP contribution is 2.39. The molecule has 4 nitrogen and oxygen atoms in total. The second kappa shape index (κ2) is 7.98. The van der Waals surface area contributed by atoms with Crippen LogP contribution in [0.2, 0.25) is 5.02 Å². The minimum Gasteiger partial charge on any atom is -0.450 e. The molecule has 1 atom stereocenters. The Morgan fingerprint density at radius 2 is 1.77 bits per heavy atom. The zero-order valence-electron chi connectivity index (χ0n) is 16.3. The molecule has 0 fully saturated rings. The second-order valence-corrected chi connectivity index (χ2v) is 8.86. The van der Waals surface area contributed by atoms with Gasteiger partial charge in [-0.3, -0.25) is 9.59 Å². The average molecular weight is 495 g/mol. The fourth-order valence-electron chi connectivity index (χ4n) is 4.14. The normalized spacial score (nSPS) is 15.5. The van der Waals surface area contributed by atoms with Crippen LogP contribution >= 0.6 is 27.5 Å². The first-order valence-electron chi connectivity index (χ1n) is 9.89. The molecule has 1 aromatic heterocycles. The topological polar surface area (TPSA) is 50.5 Å². The van der Waals surface area contributed by atoms with E-state index >= 15 is 0 Å². The number of amides is 1. The minimum atomic E-state index is -0.551. The van der Waals surface area contributed by atoms with E-state index in [4.69, 9.17) is 16.0 Å². The van der Waals surface area contributed by atoms with Gasteiger partial charge in [0.1, 0.15) is 5.58 Å². The molecule has 1 unspecified atom stereocenters. The van der Waals surface area contributed by atoms with E-state index in [-0.39, 0.29) is 17.1 Å². The number of fused-ring (bicyclic) bond motifs is 2. The lowest BCUT2D eigenvalue weighted by Gasteiger charge is -2.25. The zero-order valence-corrected chi connectivity index (χ0v) is 18.7. The highest BCUT2D eigenvalue weighted by molar-refractivity contribution is 9.10. The number of halogens is 2. The summed E-state index contributed by atoms with van der Waals surface area (Å²) in [6.45, 7) is 0.448. The largest absolute Gasteiger partial charge is 0.450 e. The summed E-state index contributed by atoms with van der Waals surface area (Å²) in [7, 11) is 0. The van der Waals surface area contributed by atoms with Gasteiger partial charge in [-0.15, -0.1) is 0 Å². The van der Waals surface area contributed by atoms with Crippen molar-refractivity contribution in [2.75, 3.05) is 6.54 Å². The van der Waals surface area contributed by atoms with Gasteiger partial charge in [0.2, 0.25) is 5.76 Å². The Kier molecular flexibility index (Phi) is 5.16. The van der Waals surface area contributed by atoms with Crippen molar-refractivity contribution >= 4 is 44.4 Å². The fourth-order valence-corrected chi connectivity index (χ4v) is 4.70. The summed E-state index contributed by atoms with van der Waals surface area (Å²) in [5.74, 6) is -0.171. The fraction of sp³-hybridized carbons (Fsp3) is 0.120. The smallest absolute Gasteiger partial charge is 0.290 e. The third kappa shape index (κ3) is 3.58. The predicted octanol–water partition coefficient (Wildman–Crippen LogP) is 6.00. The molecule has 0 radical (unpaired) electrons. The molecule has 4 aromatic rings.